The van der Waals surface area contributed by atoms with Gasteiger partial charge in [0.2, 0.25) is 0 Å². The second kappa shape index (κ2) is 5.69. The average Bonchev–Trinajstić information content (AvgIpc) is 2.63. The summed E-state index contributed by atoms with van der Waals surface area (Å²) in [4.78, 5) is 22.7. The van der Waals surface area contributed by atoms with Crippen molar-refractivity contribution >= 4 is 34.8 Å². The molecule has 15 heavy (non-hydrogen) atoms. The van der Waals surface area contributed by atoms with Gasteiger partial charge < -0.3 is 5.32 Å². The minimum Gasteiger partial charge on any atom is -0.347 e. The molecule has 1 aromatic heterocycles. The number of rotatable bonds is 3. The van der Waals surface area contributed by atoms with E-state index in [1.165, 1.54) is 11.3 Å². The Hall–Kier alpha value is -1.11. The van der Waals surface area contributed by atoms with Crippen LogP contribution in [0.25, 0.3) is 0 Å². The number of carbonyl (C=O) groups excluding carboxylic acids is 2. The molecule has 0 saturated carbocycles. The van der Waals surface area contributed by atoms with Crippen molar-refractivity contribution in [2.24, 2.45) is 5.84 Å². The topological polar surface area (TPSA) is 84.2 Å². The number of nitrogens with two attached hydrogens (primary N) is 1. The molecule has 4 N–H and O–H groups in total. The Morgan fingerprint density at radius 2 is 2.13 bits per heavy atom. The maximum Gasteiger partial charge on any atom is 0.323 e. The Labute approximate surface area is 95.6 Å². The fourth-order valence-electron chi connectivity index (χ4n) is 0.931. The fourth-order valence-corrected chi connectivity index (χ4v) is 2.02. The number of halogens is 1. The molecule has 2 amide bonds. The molecule has 0 saturated heterocycles. The third-order valence-electron chi connectivity index (χ3n) is 1.62. The van der Waals surface area contributed by atoms with Crippen molar-refractivity contribution in [2.75, 3.05) is 6.54 Å². The van der Waals surface area contributed by atoms with E-state index in [9.17, 15) is 9.59 Å². The predicted octanol–water partition coefficient (Wildman–Crippen LogP) is 0.0501. The third kappa shape index (κ3) is 3.86. The van der Waals surface area contributed by atoms with Gasteiger partial charge in [0.15, 0.2) is 0 Å². The SMILES string of the molecule is NNC(=O)C(=O)NCCc1ccc(Cl)s1. The molecule has 0 spiro atoms. The van der Waals surface area contributed by atoms with Gasteiger partial charge in [-0.15, -0.1) is 11.3 Å². The summed E-state index contributed by atoms with van der Waals surface area (Å²) < 4.78 is 0.705. The van der Waals surface area contributed by atoms with Gasteiger partial charge in [-0.1, -0.05) is 11.6 Å². The predicted molar refractivity (Wildman–Crippen MR) is 58.4 cm³/mol. The monoisotopic (exact) mass is 247 g/mol. The molecule has 1 aromatic rings. The van der Waals surface area contributed by atoms with Gasteiger partial charge in [-0.3, -0.25) is 15.0 Å². The molecule has 0 bridgehead atoms. The number of hydrogen-bond donors (Lipinski definition) is 3. The van der Waals surface area contributed by atoms with Crippen LogP contribution in [0.1, 0.15) is 4.88 Å². The van der Waals surface area contributed by atoms with Gasteiger partial charge in [0.1, 0.15) is 0 Å². The molecule has 5 nitrogen and oxygen atoms in total. The van der Waals surface area contributed by atoms with Crippen LogP contribution in [0.15, 0.2) is 12.1 Å². The molecule has 0 unspecified atom stereocenters. The lowest BCUT2D eigenvalue weighted by atomic mass is 10.3. The van der Waals surface area contributed by atoms with Crippen molar-refractivity contribution in [1.82, 2.24) is 10.7 Å². The lowest BCUT2D eigenvalue weighted by molar-refractivity contribution is -0.139. The number of hydrogen-bond acceptors (Lipinski definition) is 4. The van der Waals surface area contributed by atoms with E-state index in [0.29, 0.717) is 17.3 Å². The first kappa shape index (κ1) is 12.0. The van der Waals surface area contributed by atoms with E-state index in [0.717, 1.165) is 4.88 Å². The smallest absolute Gasteiger partial charge is 0.323 e. The van der Waals surface area contributed by atoms with Crippen LogP contribution in [0.2, 0.25) is 4.34 Å². The number of thiophene rings is 1. The first-order valence-corrected chi connectivity index (χ1v) is 5.36. The molecule has 0 aliphatic rings. The first-order chi connectivity index (χ1) is 7.13. The molecule has 82 valence electrons. The summed E-state index contributed by atoms with van der Waals surface area (Å²) in [6.45, 7) is 0.378. The zero-order valence-electron chi connectivity index (χ0n) is 7.75. The zero-order chi connectivity index (χ0) is 11.3. The highest BCUT2D eigenvalue weighted by Crippen LogP contribution is 2.21. The van der Waals surface area contributed by atoms with Gasteiger partial charge >= 0.3 is 11.8 Å². The van der Waals surface area contributed by atoms with E-state index in [2.05, 4.69) is 5.32 Å². The molecular weight excluding hydrogens is 238 g/mol. The normalized spacial score (nSPS) is 9.73. The van der Waals surface area contributed by atoms with Gasteiger partial charge in [0.25, 0.3) is 0 Å². The van der Waals surface area contributed by atoms with Crippen molar-refractivity contribution in [3.8, 4) is 0 Å². The summed E-state index contributed by atoms with van der Waals surface area (Å²) in [7, 11) is 0. The van der Waals surface area contributed by atoms with E-state index in [1.54, 1.807) is 11.5 Å². The first-order valence-electron chi connectivity index (χ1n) is 4.16. The number of nitrogens with one attached hydrogen (secondary N) is 2. The summed E-state index contributed by atoms with van der Waals surface area (Å²) in [6.07, 6.45) is 0.640. The van der Waals surface area contributed by atoms with Crippen LogP contribution in [0.3, 0.4) is 0 Å². The number of amides is 2. The Morgan fingerprint density at radius 3 is 2.67 bits per heavy atom. The Balaban J connectivity index is 2.27. The maximum absolute atomic E-state index is 10.9. The molecule has 0 fully saturated rings. The summed E-state index contributed by atoms with van der Waals surface area (Å²) in [5, 5.41) is 2.42. The highest BCUT2D eigenvalue weighted by atomic mass is 35.5. The van der Waals surface area contributed by atoms with Gasteiger partial charge in [-0.05, 0) is 18.6 Å². The maximum atomic E-state index is 10.9. The minimum atomic E-state index is -0.848. The minimum absolute atomic E-state index is 0.378. The Kier molecular flexibility index (Phi) is 4.54. The van der Waals surface area contributed by atoms with Crippen molar-refractivity contribution in [3.05, 3.63) is 21.3 Å². The highest BCUT2D eigenvalue weighted by Gasteiger charge is 2.10. The van der Waals surface area contributed by atoms with E-state index < -0.39 is 11.8 Å². The van der Waals surface area contributed by atoms with Crippen LogP contribution in [-0.2, 0) is 16.0 Å². The molecule has 0 aliphatic heterocycles. The molecule has 7 heteroatoms. The summed E-state index contributed by atoms with van der Waals surface area (Å²) >= 11 is 7.17. The molecule has 0 aromatic carbocycles. The van der Waals surface area contributed by atoms with Gasteiger partial charge in [-0.2, -0.15) is 0 Å². The van der Waals surface area contributed by atoms with Gasteiger partial charge in [-0.25, -0.2) is 5.84 Å². The van der Waals surface area contributed by atoms with E-state index >= 15 is 0 Å². The molecular formula is C8H10ClN3O2S. The van der Waals surface area contributed by atoms with Crippen LogP contribution in [-0.4, -0.2) is 18.4 Å². The second-order valence-electron chi connectivity index (χ2n) is 2.69. The molecule has 1 heterocycles. The van der Waals surface area contributed by atoms with Crippen LogP contribution in [0.4, 0.5) is 0 Å². The molecule has 0 atom stereocenters. The third-order valence-corrected chi connectivity index (χ3v) is 2.91. The molecule has 0 radical (unpaired) electrons. The lowest BCUT2D eigenvalue weighted by Gasteiger charge is -2.01. The summed E-state index contributed by atoms with van der Waals surface area (Å²) in [5.74, 6) is 3.20. The van der Waals surface area contributed by atoms with Crippen molar-refractivity contribution in [1.29, 1.82) is 0 Å². The van der Waals surface area contributed by atoms with Crippen molar-refractivity contribution in [2.45, 2.75) is 6.42 Å². The van der Waals surface area contributed by atoms with E-state index in [4.69, 9.17) is 17.4 Å². The van der Waals surface area contributed by atoms with E-state index in [-0.39, 0.29) is 0 Å². The van der Waals surface area contributed by atoms with Crippen molar-refractivity contribution in [3.63, 3.8) is 0 Å². The van der Waals surface area contributed by atoms with Gasteiger partial charge in [0, 0.05) is 11.4 Å². The average molecular weight is 248 g/mol. The Bertz CT molecular complexity index is 367. The van der Waals surface area contributed by atoms with Crippen LogP contribution < -0.4 is 16.6 Å². The quantitative estimate of drug-likeness (QED) is 0.305. The summed E-state index contributed by atoms with van der Waals surface area (Å²) in [6, 6.07) is 3.66. The van der Waals surface area contributed by atoms with Crippen LogP contribution >= 0.6 is 22.9 Å². The highest BCUT2D eigenvalue weighted by molar-refractivity contribution is 7.16. The molecule has 0 aliphatic carbocycles. The number of carbonyl (C=O) groups is 2. The lowest BCUT2D eigenvalue weighted by Crippen LogP contribution is -2.43. The standard InChI is InChI=1S/C8H10ClN3O2S/c9-6-2-1-5(15-6)3-4-11-7(13)8(14)12-10/h1-2H,3-4,10H2,(H,11,13)(H,12,14). The second-order valence-corrected chi connectivity index (χ2v) is 4.48. The van der Waals surface area contributed by atoms with Gasteiger partial charge in [0.05, 0.1) is 4.34 Å². The number of hydrazine groups is 1. The largest absolute Gasteiger partial charge is 0.347 e. The zero-order valence-corrected chi connectivity index (χ0v) is 9.32. The van der Waals surface area contributed by atoms with Crippen LogP contribution in [0, 0.1) is 0 Å². The van der Waals surface area contributed by atoms with E-state index in [1.807, 2.05) is 6.07 Å². The summed E-state index contributed by atoms with van der Waals surface area (Å²) in [5.41, 5.74) is 1.75. The fraction of sp³-hybridized carbons (Fsp3) is 0.250. The van der Waals surface area contributed by atoms with Crippen LogP contribution in [0.5, 0.6) is 0 Å². The Morgan fingerprint density at radius 1 is 1.40 bits per heavy atom. The molecule has 1 rings (SSSR count). The van der Waals surface area contributed by atoms with Crippen molar-refractivity contribution < 1.29 is 9.59 Å².